The van der Waals surface area contributed by atoms with Gasteiger partial charge in [0.05, 0.1) is 27.2 Å². The van der Waals surface area contributed by atoms with Gasteiger partial charge >= 0.3 is 0 Å². The Morgan fingerprint density at radius 3 is 2.33 bits per heavy atom. The van der Waals surface area contributed by atoms with E-state index in [1.165, 1.54) is 6.92 Å². The van der Waals surface area contributed by atoms with Gasteiger partial charge in [-0.2, -0.15) is 5.26 Å². The smallest absolute Gasteiger partial charge is 0.271 e. The van der Waals surface area contributed by atoms with Gasteiger partial charge in [0.2, 0.25) is 18.5 Å². The Balaban J connectivity index is 1.71. The Hall–Kier alpha value is -2.80. The number of ether oxygens (including phenoxy) is 3. The third-order valence-corrected chi connectivity index (χ3v) is 7.62. The number of aromatic hydroxyl groups is 1. The number of pyridine rings is 1. The van der Waals surface area contributed by atoms with E-state index < -0.39 is 23.8 Å². The number of nitrogens with zero attached hydrogens (tertiary/aromatic N) is 2. The van der Waals surface area contributed by atoms with E-state index in [2.05, 4.69) is 0 Å². The molecule has 36 heavy (non-hydrogen) atoms. The van der Waals surface area contributed by atoms with Crippen molar-refractivity contribution in [3.05, 3.63) is 75.9 Å². The second-order valence-corrected chi connectivity index (χ2v) is 9.39. The van der Waals surface area contributed by atoms with E-state index in [9.17, 15) is 20.0 Å². The highest BCUT2D eigenvalue weighted by molar-refractivity contribution is 6.55. The van der Waals surface area contributed by atoms with Crippen molar-refractivity contribution in [1.29, 1.82) is 5.26 Å². The van der Waals surface area contributed by atoms with Gasteiger partial charge in [-0.1, -0.05) is 64.1 Å². The molecule has 0 amide bonds. The summed E-state index contributed by atoms with van der Waals surface area (Å²) in [6.45, 7) is 0.588. The van der Waals surface area contributed by atoms with Crippen LogP contribution < -0.4 is 19.8 Å². The van der Waals surface area contributed by atoms with E-state index in [-0.39, 0.29) is 60.9 Å². The fourth-order valence-electron chi connectivity index (χ4n) is 3.57. The number of carbonyl (C=O) groups excluding carboxylic acids is 1. The van der Waals surface area contributed by atoms with Crippen molar-refractivity contribution in [1.82, 2.24) is 4.57 Å². The van der Waals surface area contributed by atoms with Crippen molar-refractivity contribution in [2.24, 2.45) is 0 Å². The molecule has 1 N–H and O–H groups in total. The Morgan fingerprint density at radius 1 is 1.08 bits per heavy atom. The minimum atomic E-state index is -0.773. The molecule has 2 aromatic carbocycles. The zero-order valence-corrected chi connectivity index (χ0v) is 21.9. The minimum Gasteiger partial charge on any atom is -0.494 e. The van der Waals surface area contributed by atoms with Gasteiger partial charge in [-0.15, -0.1) is 0 Å². The minimum absolute atomic E-state index is 0.0140. The molecule has 0 spiro atoms. The van der Waals surface area contributed by atoms with Gasteiger partial charge in [-0.3, -0.25) is 14.2 Å². The first-order valence-electron chi connectivity index (χ1n) is 9.99. The molecule has 0 radical (unpaired) electrons. The Kier molecular flexibility index (Phi) is 7.51. The number of fused-ring (bicyclic) bond motifs is 1. The SMILES string of the molecule is Cc1c(C(=O)COc2c(Cl)c(Cl)c(Cl)c(Cl)c2Cl)c(O)n(Cc2ccc3c(c2)OCO3)c(=O)c1C#N. The maximum Gasteiger partial charge on any atom is 0.271 e. The fourth-order valence-corrected chi connectivity index (χ4v) is 4.80. The van der Waals surface area contributed by atoms with Crippen molar-refractivity contribution < 1.29 is 24.1 Å². The van der Waals surface area contributed by atoms with Gasteiger partial charge in [0.15, 0.2) is 23.9 Å². The standard InChI is InChI=1S/C23H13Cl5N2O6/c1-9-11(5-29)22(32)30(6-10-2-3-13-14(4-10)36-8-35-13)23(33)15(9)12(31)7-34-21-19(27)17(25)16(24)18(26)20(21)28/h2-4,33H,6-8H2,1H3. The second kappa shape index (κ2) is 10.3. The summed E-state index contributed by atoms with van der Waals surface area (Å²) in [5, 5.41) is 19.8. The maximum absolute atomic E-state index is 13.1. The molecule has 0 saturated carbocycles. The number of ketones is 1. The molecule has 1 aromatic heterocycles. The largest absolute Gasteiger partial charge is 0.494 e. The molecule has 0 bridgehead atoms. The van der Waals surface area contributed by atoms with Gasteiger partial charge < -0.3 is 19.3 Å². The first kappa shape index (κ1) is 26.3. The highest BCUT2D eigenvalue weighted by Gasteiger charge is 2.27. The van der Waals surface area contributed by atoms with Crippen LogP contribution in [0.25, 0.3) is 0 Å². The van der Waals surface area contributed by atoms with Gasteiger partial charge in [0, 0.05) is 0 Å². The van der Waals surface area contributed by atoms with Crippen LogP contribution in [-0.2, 0) is 6.54 Å². The zero-order valence-electron chi connectivity index (χ0n) is 18.1. The lowest BCUT2D eigenvalue weighted by atomic mass is 10.0. The number of hydrogen-bond acceptors (Lipinski definition) is 7. The molecule has 0 unspecified atom stereocenters. The second-order valence-electron chi connectivity index (χ2n) is 7.50. The maximum atomic E-state index is 13.1. The predicted molar refractivity (Wildman–Crippen MR) is 135 cm³/mol. The van der Waals surface area contributed by atoms with Crippen LogP contribution in [0, 0.1) is 18.3 Å². The first-order chi connectivity index (χ1) is 17.1. The Morgan fingerprint density at radius 2 is 1.69 bits per heavy atom. The lowest BCUT2D eigenvalue weighted by Crippen LogP contribution is -2.28. The number of rotatable bonds is 6. The summed E-state index contributed by atoms with van der Waals surface area (Å²) in [4.78, 5) is 26.1. The van der Waals surface area contributed by atoms with Gasteiger partial charge in [0.25, 0.3) is 5.56 Å². The number of hydrogen-bond donors (Lipinski definition) is 1. The van der Waals surface area contributed by atoms with Crippen LogP contribution in [0.2, 0.25) is 25.1 Å². The molecule has 0 aliphatic carbocycles. The summed E-state index contributed by atoms with van der Waals surface area (Å²) >= 11 is 30.3. The zero-order chi connectivity index (χ0) is 26.3. The molecule has 0 atom stereocenters. The third-order valence-electron chi connectivity index (χ3n) is 5.37. The van der Waals surface area contributed by atoms with Crippen LogP contribution in [0.5, 0.6) is 23.1 Å². The molecule has 186 valence electrons. The average Bonchev–Trinajstić information content (AvgIpc) is 3.32. The van der Waals surface area contributed by atoms with E-state index in [0.29, 0.717) is 17.1 Å². The van der Waals surface area contributed by atoms with Crippen LogP contribution >= 0.6 is 58.0 Å². The van der Waals surface area contributed by atoms with Crippen molar-refractivity contribution >= 4 is 63.8 Å². The molecule has 0 fully saturated rings. The van der Waals surface area contributed by atoms with Crippen molar-refractivity contribution in [3.63, 3.8) is 0 Å². The molecule has 13 heteroatoms. The molecule has 0 saturated heterocycles. The molecular weight excluding hydrogens is 578 g/mol. The number of nitriles is 1. The van der Waals surface area contributed by atoms with Crippen LogP contribution in [0.1, 0.15) is 27.0 Å². The summed E-state index contributed by atoms with van der Waals surface area (Å²) in [6, 6.07) is 6.73. The number of benzene rings is 2. The lowest BCUT2D eigenvalue weighted by Gasteiger charge is -2.17. The van der Waals surface area contributed by atoms with Gasteiger partial charge in [0.1, 0.15) is 21.7 Å². The van der Waals surface area contributed by atoms with Crippen LogP contribution in [0.15, 0.2) is 23.0 Å². The number of aromatic nitrogens is 1. The normalized spacial score (nSPS) is 11.9. The Labute approximate surface area is 229 Å². The summed E-state index contributed by atoms with van der Waals surface area (Å²) in [6.07, 6.45) is 0. The fraction of sp³-hybridized carbons (Fsp3) is 0.174. The molecular formula is C23H13Cl5N2O6. The van der Waals surface area contributed by atoms with Crippen LogP contribution in [0.4, 0.5) is 0 Å². The van der Waals surface area contributed by atoms with Crippen molar-refractivity contribution in [3.8, 4) is 29.2 Å². The summed E-state index contributed by atoms with van der Waals surface area (Å²) < 4.78 is 17.0. The van der Waals surface area contributed by atoms with E-state index in [1.807, 2.05) is 0 Å². The molecule has 1 aliphatic heterocycles. The van der Waals surface area contributed by atoms with E-state index in [1.54, 1.807) is 24.3 Å². The molecule has 1 aliphatic rings. The van der Waals surface area contributed by atoms with E-state index in [4.69, 9.17) is 72.2 Å². The molecule has 8 nitrogen and oxygen atoms in total. The highest BCUT2D eigenvalue weighted by Crippen LogP contribution is 2.48. The summed E-state index contributed by atoms with van der Waals surface area (Å²) in [7, 11) is 0. The van der Waals surface area contributed by atoms with Gasteiger partial charge in [-0.05, 0) is 30.2 Å². The quantitative estimate of drug-likeness (QED) is 0.212. The van der Waals surface area contributed by atoms with Gasteiger partial charge in [-0.25, -0.2) is 0 Å². The summed E-state index contributed by atoms with van der Waals surface area (Å²) in [5.74, 6) is -0.615. The third kappa shape index (κ3) is 4.54. The van der Waals surface area contributed by atoms with E-state index >= 15 is 0 Å². The number of carbonyl (C=O) groups is 1. The molecule has 3 aromatic rings. The van der Waals surface area contributed by atoms with Crippen LogP contribution in [-0.4, -0.2) is 28.9 Å². The van der Waals surface area contributed by atoms with Crippen molar-refractivity contribution in [2.45, 2.75) is 13.5 Å². The molecule has 2 heterocycles. The molecule has 4 rings (SSSR count). The Bertz CT molecular complexity index is 1500. The topological polar surface area (TPSA) is 111 Å². The monoisotopic (exact) mass is 588 g/mol. The predicted octanol–water partition coefficient (Wildman–Crippen LogP) is 6.04. The first-order valence-corrected chi connectivity index (χ1v) is 11.9. The lowest BCUT2D eigenvalue weighted by molar-refractivity contribution is 0.0916. The number of halogens is 5. The summed E-state index contributed by atoms with van der Waals surface area (Å²) in [5.41, 5.74) is -0.830. The average molecular weight is 591 g/mol. The van der Waals surface area contributed by atoms with Crippen molar-refractivity contribution in [2.75, 3.05) is 13.4 Å². The van der Waals surface area contributed by atoms with E-state index in [0.717, 1.165) is 4.57 Å². The number of Topliss-reactive ketones (excluding diaryl/α,β-unsaturated/α-hetero) is 1. The highest BCUT2D eigenvalue weighted by atomic mass is 35.5. The van der Waals surface area contributed by atoms with Crippen LogP contribution in [0.3, 0.4) is 0 Å².